The van der Waals surface area contributed by atoms with Gasteiger partial charge in [-0.3, -0.25) is 9.69 Å². The Kier molecular flexibility index (Phi) is 6.53. The van der Waals surface area contributed by atoms with Crippen LogP contribution >= 0.6 is 11.3 Å². The molecule has 0 spiro atoms. The van der Waals surface area contributed by atoms with E-state index in [-0.39, 0.29) is 11.7 Å². The van der Waals surface area contributed by atoms with E-state index in [0.717, 1.165) is 24.5 Å². The molecule has 7 heteroatoms. The van der Waals surface area contributed by atoms with Crippen LogP contribution in [0.2, 0.25) is 0 Å². The first kappa shape index (κ1) is 21.3. The van der Waals surface area contributed by atoms with Gasteiger partial charge in [0, 0.05) is 53.6 Å². The van der Waals surface area contributed by atoms with Crippen molar-refractivity contribution < 1.29 is 18.7 Å². The van der Waals surface area contributed by atoms with Gasteiger partial charge in [-0.2, -0.15) is 0 Å². The number of hydrogen-bond acceptors (Lipinski definition) is 5. The molecule has 1 amide bonds. The Morgan fingerprint density at radius 2 is 1.71 bits per heavy atom. The molecule has 3 aromatic rings. The van der Waals surface area contributed by atoms with Gasteiger partial charge in [0.25, 0.3) is 5.91 Å². The maximum absolute atomic E-state index is 14.0. The highest BCUT2D eigenvalue weighted by molar-refractivity contribution is 7.15. The van der Waals surface area contributed by atoms with Gasteiger partial charge in [0.1, 0.15) is 5.82 Å². The van der Waals surface area contributed by atoms with Gasteiger partial charge in [-0.15, -0.1) is 11.3 Å². The van der Waals surface area contributed by atoms with Gasteiger partial charge in [-0.25, -0.2) is 4.39 Å². The van der Waals surface area contributed by atoms with Crippen molar-refractivity contribution in [3.8, 4) is 21.9 Å². The minimum Gasteiger partial charge on any atom is -0.493 e. The lowest BCUT2D eigenvalue weighted by Gasteiger charge is -2.34. The van der Waals surface area contributed by atoms with Crippen molar-refractivity contribution in [2.75, 3.05) is 40.4 Å². The van der Waals surface area contributed by atoms with Crippen molar-refractivity contribution >= 4 is 17.2 Å². The smallest absolute Gasteiger partial charge is 0.254 e. The van der Waals surface area contributed by atoms with Gasteiger partial charge in [0.05, 0.1) is 14.2 Å². The fourth-order valence-electron chi connectivity index (χ4n) is 3.75. The van der Waals surface area contributed by atoms with Crippen molar-refractivity contribution in [3.63, 3.8) is 0 Å². The molecular weight excluding hydrogens is 415 g/mol. The Labute approximate surface area is 185 Å². The molecule has 1 aliphatic rings. The predicted molar refractivity (Wildman–Crippen MR) is 120 cm³/mol. The van der Waals surface area contributed by atoms with Gasteiger partial charge < -0.3 is 14.4 Å². The van der Waals surface area contributed by atoms with Crippen molar-refractivity contribution in [2.24, 2.45) is 0 Å². The summed E-state index contributed by atoms with van der Waals surface area (Å²) >= 11 is 1.62. The van der Waals surface area contributed by atoms with E-state index in [0.29, 0.717) is 35.7 Å². The van der Waals surface area contributed by atoms with Crippen molar-refractivity contribution in [1.29, 1.82) is 0 Å². The first-order valence-corrected chi connectivity index (χ1v) is 11.0. The lowest BCUT2D eigenvalue weighted by Crippen LogP contribution is -2.48. The number of ether oxygens (including phenoxy) is 2. The number of nitrogens with zero attached hydrogens (tertiary/aromatic N) is 2. The van der Waals surface area contributed by atoms with Gasteiger partial charge in [0.2, 0.25) is 0 Å². The van der Waals surface area contributed by atoms with Crippen molar-refractivity contribution in [2.45, 2.75) is 6.54 Å². The average Bonchev–Trinajstić information content (AvgIpc) is 3.27. The topological polar surface area (TPSA) is 42.0 Å². The summed E-state index contributed by atoms with van der Waals surface area (Å²) in [5.74, 6) is 0.960. The largest absolute Gasteiger partial charge is 0.493 e. The number of carbonyl (C=O) groups is 1. The number of hydrogen-bond donors (Lipinski definition) is 0. The van der Waals surface area contributed by atoms with E-state index in [4.69, 9.17) is 9.47 Å². The highest BCUT2D eigenvalue weighted by Crippen LogP contribution is 2.31. The predicted octanol–water partition coefficient (Wildman–Crippen LogP) is 4.53. The van der Waals surface area contributed by atoms with Gasteiger partial charge in [-0.1, -0.05) is 18.2 Å². The van der Waals surface area contributed by atoms with Crippen LogP contribution in [0.3, 0.4) is 0 Å². The molecule has 0 bridgehead atoms. The number of piperazine rings is 1. The Balaban J connectivity index is 1.35. The fourth-order valence-corrected chi connectivity index (χ4v) is 4.83. The lowest BCUT2D eigenvalue weighted by atomic mass is 10.1. The summed E-state index contributed by atoms with van der Waals surface area (Å²) < 4.78 is 24.6. The molecule has 0 N–H and O–H groups in total. The zero-order valence-electron chi connectivity index (χ0n) is 17.6. The van der Waals surface area contributed by atoms with Gasteiger partial charge >= 0.3 is 0 Å². The standard InChI is InChI=1S/C24H25FN2O3S/c1-29-21-9-7-17(15-22(21)30-2)24(28)27-13-11-26(12-14-27)16-18-8-10-23(31-18)19-5-3-4-6-20(19)25/h3-10,15H,11-14,16H2,1-2H3. The maximum Gasteiger partial charge on any atom is 0.254 e. The molecule has 0 unspecified atom stereocenters. The Hall–Kier alpha value is -2.90. The molecule has 1 aliphatic heterocycles. The van der Waals surface area contributed by atoms with E-state index in [1.54, 1.807) is 49.8 Å². The zero-order valence-corrected chi connectivity index (χ0v) is 18.5. The van der Waals surface area contributed by atoms with Crippen LogP contribution in [0.4, 0.5) is 4.39 Å². The molecule has 2 aromatic carbocycles. The van der Waals surface area contributed by atoms with Crippen LogP contribution in [0.15, 0.2) is 54.6 Å². The van der Waals surface area contributed by atoms with E-state index in [1.807, 2.05) is 23.1 Å². The molecule has 5 nitrogen and oxygen atoms in total. The number of thiophene rings is 1. The minimum absolute atomic E-state index is 0.00133. The summed E-state index contributed by atoms with van der Waals surface area (Å²) in [6.45, 7) is 3.73. The SMILES string of the molecule is COc1ccc(C(=O)N2CCN(Cc3ccc(-c4ccccc4F)s3)CC2)cc1OC. The number of benzene rings is 2. The third-order valence-corrected chi connectivity index (χ3v) is 6.57. The molecule has 0 radical (unpaired) electrons. The Morgan fingerprint density at radius 1 is 0.968 bits per heavy atom. The van der Waals surface area contributed by atoms with Crippen LogP contribution in [-0.2, 0) is 6.54 Å². The molecule has 162 valence electrons. The number of methoxy groups -OCH3 is 2. The third kappa shape index (κ3) is 4.73. The summed E-state index contributed by atoms with van der Waals surface area (Å²) in [7, 11) is 3.14. The highest BCUT2D eigenvalue weighted by Gasteiger charge is 2.23. The summed E-state index contributed by atoms with van der Waals surface area (Å²) in [5, 5.41) is 0. The molecule has 1 aromatic heterocycles. The second kappa shape index (κ2) is 9.49. The highest BCUT2D eigenvalue weighted by atomic mass is 32.1. The fraction of sp³-hybridized carbons (Fsp3) is 0.292. The zero-order chi connectivity index (χ0) is 21.8. The number of rotatable bonds is 6. The molecule has 1 saturated heterocycles. The Morgan fingerprint density at radius 3 is 2.42 bits per heavy atom. The summed E-state index contributed by atoms with van der Waals surface area (Å²) in [4.78, 5) is 19.2. The number of halogens is 1. The second-order valence-electron chi connectivity index (χ2n) is 7.38. The van der Waals surface area contributed by atoms with Gasteiger partial charge in [0.15, 0.2) is 11.5 Å². The normalized spacial score (nSPS) is 14.5. The lowest BCUT2D eigenvalue weighted by molar-refractivity contribution is 0.0629. The summed E-state index contributed by atoms with van der Waals surface area (Å²) in [6.07, 6.45) is 0. The number of amides is 1. The van der Waals surface area contributed by atoms with E-state index in [9.17, 15) is 9.18 Å². The average molecular weight is 441 g/mol. The van der Waals surface area contributed by atoms with Crippen LogP contribution in [0.1, 0.15) is 15.2 Å². The Bertz CT molecular complexity index is 1060. The second-order valence-corrected chi connectivity index (χ2v) is 8.55. The molecule has 0 aliphatic carbocycles. The number of carbonyl (C=O) groups excluding carboxylic acids is 1. The first-order valence-electron chi connectivity index (χ1n) is 10.2. The van der Waals surface area contributed by atoms with Crippen LogP contribution in [0, 0.1) is 5.82 Å². The van der Waals surface area contributed by atoms with Gasteiger partial charge in [-0.05, 0) is 36.4 Å². The van der Waals surface area contributed by atoms with Crippen LogP contribution < -0.4 is 9.47 Å². The van der Waals surface area contributed by atoms with Crippen LogP contribution in [0.5, 0.6) is 11.5 Å². The van der Waals surface area contributed by atoms with E-state index in [2.05, 4.69) is 11.0 Å². The molecular formula is C24H25FN2O3S. The monoisotopic (exact) mass is 440 g/mol. The molecule has 4 rings (SSSR count). The van der Waals surface area contributed by atoms with E-state index < -0.39 is 0 Å². The van der Waals surface area contributed by atoms with Crippen molar-refractivity contribution in [1.82, 2.24) is 9.80 Å². The minimum atomic E-state index is -0.196. The molecule has 31 heavy (non-hydrogen) atoms. The first-order chi connectivity index (χ1) is 15.1. The molecule has 0 saturated carbocycles. The van der Waals surface area contributed by atoms with Crippen LogP contribution in [0.25, 0.3) is 10.4 Å². The van der Waals surface area contributed by atoms with Crippen LogP contribution in [-0.4, -0.2) is 56.1 Å². The third-order valence-electron chi connectivity index (χ3n) is 5.47. The summed E-state index contributed by atoms with van der Waals surface area (Å²) in [5.41, 5.74) is 1.24. The maximum atomic E-state index is 14.0. The molecule has 2 heterocycles. The summed E-state index contributed by atoms with van der Waals surface area (Å²) in [6, 6.07) is 16.2. The quantitative estimate of drug-likeness (QED) is 0.565. The van der Waals surface area contributed by atoms with Crippen molar-refractivity contribution in [3.05, 3.63) is 70.9 Å². The molecule has 1 fully saturated rings. The van der Waals surface area contributed by atoms with E-state index >= 15 is 0 Å². The molecule has 0 atom stereocenters. The van der Waals surface area contributed by atoms with E-state index in [1.165, 1.54) is 10.9 Å².